The number of hydrogen-bond acceptors (Lipinski definition) is 7. The first-order chi connectivity index (χ1) is 13.9. The highest BCUT2D eigenvalue weighted by Gasteiger charge is 2.27. The summed E-state index contributed by atoms with van der Waals surface area (Å²) in [5.41, 5.74) is 0.525. The second-order valence-corrected chi connectivity index (χ2v) is 6.70. The molecule has 2 aromatic heterocycles. The number of rotatable bonds is 7. The van der Waals surface area contributed by atoms with Crippen LogP contribution in [0.2, 0.25) is 0 Å². The van der Waals surface area contributed by atoms with Gasteiger partial charge < -0.3 is 15.0 Å². The van der Waals surface area contributed by atoms with Crippen molar-refractivity contribution >= 4 is 23.2 Å². The number of carbonyl (C=O) groups excluding carboxylic acids is 2. The number of carbonyl (C=O) groups is 2. The Hall–Kier alpha value is -3.28. The minimum absolute atomic E-state index is 0.139. The molecule has 29 heavy (non-hydrogen) atoms. The first kappa shape index (κ1) is 20.5. The Morgan fingerprint density at radius 2 is 2.03 bits per heavy atom. The van der Waals surface area contributed by atoms with E-state index in [1.807, 2.05) is 6.92 Å². The molecule has 1 saturated heterocycles. The second-order valence-electron chi connectivity index (χ2n) is 6.70. The number of anilines is 1. The minimum atomic E-state index is -0.545. The second kappa shape index (κ2) is 8.82. The van der Waals surface area contributed by atoms with Gasteiger partial charge in [-0.3, -0.25) is 29.1 Å². The molecule has 0 aromatic carbocycles. The van der Waals surface area contributed by atoms with Crippen molar-refractivity contribution in [3.63, 3.8) is 0 Å². The number of amides is 2. The first-order valence-corrected chi connectivity index (χ1v) is 9.31. The summed E-state index contributed by atoms with van der Waals surface area (Å²) in [6, 6.07) is 0. The molecule has 12 heteroatoms. The topological polar surface area (TPSA) is 137 Å². The van der Waals surface area contributed by atoms with Crippen molar-refractivity contribution in [3.05, 3.63) is 34.4 Å². The van der Waals surface area contributed by atoms with Gasteiger partial charge in [-0.05, 0) is 6.92 Å². The van der Waals surface area contributed by atoms with Gasteiger partial charge in [0.15, 0.2) is 0 Å². The van der Waals surface area contributed by atoms with Crippen molar-refractivity contribution in [2.75, 3.05) is 31.6 Å². The summed E-state index contributed by atoms with van der Waals surface area (Å²) in [4.78, 5) is 37.5. The van der Waals surface area contributed by atoms with Gasteiger partial charge in [0, 0.05) is 19.6 Å². The van der Waals surface area contributed by atoms with Crippen molar-refractivity contribution in [2.45, 2.75) is 26.9 Å². The Balaban J connectivity index is 1.71. The molecule has 0 spiro atoms. The van der Waals surface area contributed by atoms with Gasteiger partial charge in [0.1, 0.15) is 18.1 Å². The molecule has 3 heterocycles. The van der Waals surface area contributed by atoms with Crippen molar-refractivity contribution in [3.8, 4) is 0 Å². The molecule has 156 valence electrons. The van der Waals surface area contributed by atoms with Crippen LogP contribution in [0.25, 0.3) is 0 Å². The van der Waals surface area contributed by atoms with Crippen molar-refractivity contribution in [1.82, 2.24) is 24.5 Å². The Morgan fingerprint density at radius 3 is 2.66 bits per heavy atom. The summed E-state index contributed by atoms with van der Waals surface area (Å²) in [7, 11) is 0. The highest BCUT2D eigenvalue weighted by Crippen LogP contribution is 2.20. The monoisotopic (exact) mass is 405 g/mol. The van der Waals surface area contributed by atoms with Crippen LogP contribution >= 0.6 is 0 Å². The van der Waals surface area contributed by atoms with Crippen molar-refractivity contribution < 1.29 is 19.2 Å². The van der Waals surface area contributed by atoms with E-state index in [2.05, 4.69) is 15.5 Å². The van der Waals surface area contributed by atoms with Crippen LogP contribution in [0, 0.1) is 16.0 Å². The fourth-order valence-electron chi connectivity index (χ4n) is 3.02. The maximum absolute atomic E-state index is 13.0. The molecule has 0 aliphatic carbocycles. The molecule has 1 N–H and O–H groups in total. The van der Waals surface area contributed by atoms with Gasteiger partial charge in [-0.15, -0.1) is 0 Å². The highest BCUT2D eigenvalue weighted by molar-refractivity contribution is 6.02. The van der Waals surface area contributed by atoms with E-state index in [-0.39, 0.29) is 24.0 Å². The van der Waals surface area contributed by atoms with E-state index in [1.54, 1.807) is 16.5 Å². The molecule has 0 bridgehead atoms. The normalized spacial score (nSPS) is 15.2. The Labute approximate surface area is 166 Å². The average molecular weight is 405 g/mol. The molecule has 12 nitrogen and oxygen atoms in total. The molecule has 0 saturated carbocycles. The summed E-state index contributed by atoms with van der Waals surface area (Å²) < 4.78 is 8.18. The molecule has 2 aromatic rings. The summed E-state index contributed by atoms with van der Waals surface area (Å²) >= 11 is 0. The SMILES string of the molecule is CCn1ncc(NC(=O)C(C)Cn2cc([N+](=O)[O-])cn2)c1C(=O)N1CCOCC1. The third kappa shape index (κ3) is 4.59. The molecule has 1 atom stereocenters. The van der Waals surface area contributed by atoms with Gasteiger partial charge in [0.05, 0.1) is 42.5 Å². The molecule has 0 radical (unpaired) electrons. The van der Waals surface area contributed by atoms with Gasteiger partial charge in [0.2, 0.25) is 5.91 Å². The van der Waals surface area contributed by atoms with E-state index >= 15 is 0 Å². The lowest BCUT2D eigenvalue weighted by Gasteiger charge is -2.27. The molecule has 1 aliphatic heterocycles. The lowest BCUT2D eigenvalue weighted by Crippen LogP contribution is -2.42. The number of nitrogens with one attached hydrogen (secondary N) is 1. The fraction of sp³-hybridized carbons (Fsp3) is 0.529. The van der Waals surface area contributed by atoms with Gasteiger partial charge in [-0.25, -0.2) is 0 Å². The zero-order valence-corrected chi connectivity index (χ0v) is 16.3. The number of nitro groups is 1. The lowest BCUT2D eigenvalue weighted by molar-refractivity contribution is -0.385. The van der Waals surface area contributed by atoms with Crippen LogP contribution in [0.15, 0.2) is 18.6 Å². The van der Waals surface area contributed by atoms with Crippen LogP contribution in [-0.2, 0) is 22.6 Å². The fourth-order valence-corrected chi connectivity index (χ4v) is 3.02. The number of nitrogens with zero attached hydrogens (tertiary/aromatic N) is 6. The van der Waals surface area contributed by atoms with Gasteiger partial charge in [-0.1, -0.05) is 6.92 Å². The van der Waals surface area contributed by atoms with E-state index in [4.69, 9.17) is 4.74 Å². The van der Waals surface area contributed by atoms with Crippen molar-refractivity contribution in [2.24, 2.45) is 5.92 Å². The summed E-state index contributed by atoms with van der Waals surface area (Å²) in [5.74, 6) is -1.08. The smallest absolute Gasteiger partial charge is 0.306 e. The summed E-state index contributed by atoms with van der Waals surface area (Å²) in [5, 5.41) is 21.6. The van der Waals surface area contributed by atoms with Crippen molar-refractivity contribution in [1.29, 1.82) is 0 Å². The molecular formula is C17H23N7O5. The number of aryl methyl sites for hydroxylation is 1. The lowest BCUT2D eigenvalue weighted by atomic mass is 10.1. The average Bonchev–Trinajstić information content (AvgIpc) is 3.35. The molecule has 2 amide bonds. The minimum Gasteiger partial charge on any atom is -0.378 e. The van der Waals surface area contributed by atoms with Gasteiger partial charge >= 0.3 is 5.69 Å². The maximum atomic E-state index is 13.0. The number of hydrogen-bond donors (Lipinski definition) is 1. The van der Waals surface area contributed by atoms with Crippen LogP contribution in [0.4, 0.5) is 11.4 Å². The number of morpholine rings is 1. The summed E-state index contributed by atoms with van der Waals surface area (Å²) in [6.07, 6.45) is 3.86. The Bertz CT molecular complexity index is 900. The molecule has 1 fully saturated rings. The molecule has 1 aliphatic rings. The van der Waals surface area contributed by atoms with Crippen LogP contribution in [0.3, 0.4) is 0 Å². The van der Waals surface area contributed by atoms with Gasteiger partial charge in [0.25, 0.3) is 5.91 Å². The standard InChI is InChI=1S/C17H23N7O5/c1-3-23-15(17(26)21-4-6-29-7-5-21)14(9-19-23)20-16(25)12(2)10-22-11-13(8-18-22)24(27)28/h8-9,11-12H,3-7,10H2,1-2H3,(H,20,25). The third-order valence-electron chi connectivity index (χ3n) is 4.64. The van der Waals surface area contributed by atoms with E-state index < -0.39 is 10.8 Å². The van der Waals surface area contributed by atoms with Gasteiger partial charge in [-0.2, -0.15) is 10.2 Å². The van der Waals surface area contributed by atoms with E-state index in [9.17, 15) is 19.7 Å². The van der Waals surface area contributed by atoms with E-state index in [0.29, 0.717) is 44.2 Å². The molecule has 3 rings (SSSR count). The predicted octanol–water partition coefficient (Wildman–Crippen LogP) is 0.755. The number of ether oxygens (including phenoxy) is 1. The quantitative estimate of drug-likeness (QED) is 0.530. The van der Waals surface area contributed by atoms with Crippen LogP contribution in [-0.4, -0.2) is 67.5 Å². The highest BCUT2D eigenvalue weighted by atomic mass is 16.6. The van der Waals surface area contributed by atoms with E-state index in [1.165, 1.54) is 17.1 Å². The molecule has 1 unspecified atom stereocenters. The van der Waals surface area contributed by atoms with Crippen LogP contribution < -0.4 is 5.32 Å². The number of aromatic nitrogens is 4. The predicted molar refractivity (Wildman–Crippen MR) is 101 cm³/mol. The van der Waals surface area contributed by atoms with E-state index in [0.717, 1.165) is 6.20 Å². The maximum Gasteiger partial charge on any atom is 0.306 e. The van der Waals surface area contributed by atoms with Crippen LogP contribution in [0.5, 0.6) is 0 Å². The Morgan fingerprint density at radius 1 is 1.31 bits per heavy atom. The largest absolute Gasteiger partial charge is 0.378 e. The Kier molecular flexibility index (Phi) is 6.22. The first-order valence-electron chi connectivity index (χ1n) is 9.31. The molecular weight excluding hydrogens is 382 g/mol. The zero-order chi connectivity index (χ0) is 21.0. The third-order valence-corrected chi connectivity index (χ3v) is 4.64. The summed E-state index contributed by atoms with van der Waals surface area (Å²) in [6.45, 7) is 6.09. The zero-order valence-electron chi connectivity index (χ0n) is 16.3. The van der Waals surface area contributed by atoms with Crippen LogP contribution in [0.1, 0.15) is 24.3 Å².